The normalized spacial score (nSPS) is 16.0. The minimum absolute atomic E-state index is 0.0855. The van der Waals surface area contributed by atoms with Gasteiger partial charge in [-0.1, -0.05) is 29.8 Å². The third-order valence-electron chi connectivity index (χ3n) is 5.40. The number of hydrogen-bond acceptors (Lipinski definition) is 4. The number of nitrogens with one attached hydrogen (secondary N) is 1. The van der Waals surface area contributed by atoms with Gasteiger partial charge < -0.3 is 10.4 Å². The molecule has 2 N–H and O–H groups in total. The van der Waals surface area contributed by atoms with Crippen LogP contribution < -0.4 is 5.32 Å². The number of hydrogen-bond donors (Lipinski definition) is 2. The summed E-state index contributed by atoms with van der Waals surface area (Å²) < 4.78 is 27.9. The Kier molecular flexibility index (Phi) is 6.41. The van der Waals surface area contributed by atoms with Crippen molar-refractivity contribution in [3.63, 3.8) is 0 Å². The van der Waals surface area contributed by atoms with E-state index in [0.717, 1.165) is 22.3 Å². The van der Waals surface area contributed by atoms with Crippen LogP contribution in [0.2, 0.25) is 0 Å². The van der Waals surface area contributed by atoms with Crippen molar-refractivity contribution < 1.29 is 18.3 Å². The zero-order chi connectivity index (χ0) is 21.2. The molecule has 0 atom stereocenters. The number of carbonyl (C=O) groups excluding carboxylic acids is 1. The lowest BCUT2D eigenvalue weighted by molar-refractivity contribution is -0.120. The quantitative estimate of drug-likeness (QED) is 0.784. The SMILES string of the molecule is Cc1cc(C)c(S(=O)(=O)N2CCC(C(=O)Nc3cccc(CO)c3)CC2)c(C)c1. The first-order chi connectivity index (χ1) is 13.7. The standard InChI is InChI=1S/C22H28N2O4S/c1-15-11-16(2)21(17(3)12-15)29(27,28)24-9-7-19(8-10-24)22(26)23-20-6-4-5-18(13-20)14-25/h4-6,11-13,19,25H,7-10,14H2,1-3H3,(H,23,26). The molecule has 1 fully saturated rings. The second-order valence-electron chi connectivity index (χ2n) is 7.75. The van der Waals surface area contributed by atoms with Crippen molar-refractivity contribution in [3.05, 3.63) is 58.7 Å². The Morgan fingerprint density at radius 3 is 2.31 bits per heavy atom. The Morgan fingerprint density at radius 2 is 1.72 bits per heavy atom. The van der Waals surface area contributed by atoms with E-state index in [1.165, 1.54) is 4.31 Å². The fourth-order valence-electron chi connectivity index (χ4n) is 4.05. The van der Waals surface area contributed by atoms with Gasteiger partial charge in [-0.3, -0.25) is 4.79 Å². The van der Waals surface area contributed by atoms with Gasteiger partial charge in [0.1, 0.15) is 0 Å². The number of rotatable bonds is 5. The summed E-state index contributed by atoms with van der Waals surface area (Å²) in [4.78, 5) is 13.0. The summed E-state index contributed by atoms with van der Waals surface area (Å²) in [5, 5.41) is 12.1. The molecule has 0 saturated carbocycles. The van der Waals surface area contributed by atoms with Crippen LogP contribution >= 0.6 is 0 Å². The summed E-state index contributed by atoms with van der Waals surface area (Å²) >= 11 is 0. The van der Waals surface area contributed by atoms with Gasteiger partial charge in [-0.25, -0.2) is 8.42 Å². The van der Waals surface area contributed by atoms with Gasteiger partial charge >= 0.3 is 0 Å². The van der Waals surface area contributed by atoms with Crippen molar-refractivity contribution in [2.45, 2.75) is 45.1 Å². The molecule has 1 aliphatic rings. The van der Waals surface area contributed by atoms with Gasteiger partial charge in [-0.2, -0.15) is 4.31 Å². The number of aliphatic hydroxyl groups excluding tert-OH is 1. The fraction of sp³-hybridized carbons (Fsp3) is 0.409. The number of aryl methyl sites for hydroxylation is 3. The van der Waals surface area contributed by atoms with Crippen molar-refractivity contribution in [2.75, 3.05) is 18.4 Å². The molecule has 0 bridgehead atoms. The Balaban J connectivity index is 1.67. The van der Waals surface area contributed by atoms with Crippen LogP contribution in [0.4, 0.5) is 5.69 Å². The molecule has 1 saturated heterocycles. The monoisotopic (exact) mass is 416 g/mol. The van der Waals surface area contributed by atoms with Crippen LogP contribution in [-0.4, -0.2) is 36.8 Å². The summed E-state index contributed by atoms with van der Waals surface area (Å²) in [6.07, 6.45) is 0.962. The number of nitrogens with zero attached hydrogens (tertiary/aromatic N) is 1. The minimum Gasteiger partial charge on any atom is -0.392 e. The lowest BCUT2D eigenvalue weighted by Gasteiger charge is -2.31. The highest BCUT2D eigenvalue weighted by molar-refractivity contribution is 7.89. The van der Waals surface area contributed by atoms with E-state index in [4.69, 9.17) is 0 Å². The highest BCUT2D eigenvalue weighted by atomic mass is 32.2. The topological polar surface area (TPSA) is 86.7 Å². The van der Waals surface area contributed by atoms with E-state index >= 15 is 0 Å². The zero-order valence-electron chi connectivity index (χ0n) is 17.1. The summed E-state index contributed by atoms with van der Waals surface area (Å²) in [5.41, 5.74) is 3.92. The maximum Gasteiger partial charge on any atom is 0.243 e. The van der Waals surface area contributed by atoms with Gasteiger partial charge in [-0.05, 0) is 62.4 Å². The third-order valence-corrected chi connectivity index (χ3v) is 7.61. The molecule has 0 spiro atoms. The average Bonchev–Trinajstić information content (AvgIpc) is 2.67. The molecule has 0 radical (unpaired) electrons. The first kappa shape index (κ1) is 21.5. The first-order valence-electron chi connectivity index (χ1n) is 9.81. The molecule has 156 valence electrons. The van der Waals surface area contributed by atoms with E-state index in [9.17, 15) is 18.3 Å². The summed E-state index contributed by atoms with van der Waals surface area (Å²) in [6.45, 7) is 6.17. The highest BCUT2D eigenvalue weighted by Gasteiger charge is 2.33. The van der Waals surface area contributed by atoms with Gasteiger partial charge in [0.15, 0.2) is 0 Å². The van der Waals surface area contributed by atoms with Gasteiger partial charge in [0, 0.05) is 24.7 Å². The maximum absolute atomic E-state index is 13.2. The summed E-state index contributed by atoms with van der Waals surface area (Å²) in [7, 11) is -3.58. The molecule has 1 amide bonds. The Morgan fingerprint density at radius 1 is 1.10 bits per heavy atom. The molecule has 3 rings (SSSR count). The zero-order valence-corrected chi connectivity index (χ0v) is 17.9. The predicted molar refractivity (Wildman–Crippen MR) is 113 cm³/mol. The molecule has 6 nitrogen and oxygen atoms in total. The van der Waals surface area contributed by atoms with E-state index in [1.807, 2.05) is 32.9 Å². The van der Waals surface area contributed by atoms with Gasteiger partial charge in [0.05, 0.1) is 11.5 Å². The molecule has 7 heteroatoms. The van der Waals surface area contributed by atoms with E-state index in [0.29, 0.717) is 36.5 Å². The van der Waals surface area contributed by atoms with Gasteiger partial charge in [0.25, 0.3) is 0 Å². The van der Waals surface area contributed by atoms with E-state index in [1.54, 1.807) is 24.3 Å². The summed E-state index contributed by atoms with van der Waals surface area (Å²) in [6, 6.07) is 10.9. The number of carbonyl (C=O) groups is 1. The largest absolute Gasteiger partial charge is 0.392 e. The number of piperidine rings is 1. The van der Waals surface area contributed by atoms with Crippen molar-refractivity contribution in [2.24, 2.45) is 5.92 Å². The number of amides is 1. The first-order valence-corrected chi connectivity index (χ1v) is 11.2. The van der Waals surface area contributed by atoms with Crippen LogP contribution in [0.25, 0.3) is 0 Å². The second-order valence-corrected chi connectivity index (χ2v) is 9.63. The number of benzene rings is 2. The van der Waals surface area contributed by atoms with E-state index in [-0.39, 0.29) is 18.4 Å². The molecule has 1 heterocycles. The Labute approximate surface area is 172 Å². The van der Waals surface area contributed by atoms with E-state index in [2.05, 4.69) is 5.32 Å². The predicted octanol–water partition coefficient (Wildman–Crippen LogP) is 3.14. The van der Waals surface area contributed by atoms with E-state index < -0.39 is 10.0 Å². The average molecular weight is 417 g/mol. The molecule has 2 aromatic rings. The maximum atomic E-state index is 13.2. The third kappa shape index (κ3) is 4.69. The van der Waals surface area contributed by atoms with Crippen molar-refractivity contribution in [1.82, 2.24) is 4.31 Å². The number of anilines is 1. The number of sulfonamides is 1. The summed E-state index contributed by atoms with van der Waals surface area (Å²) in [5.74, 6) is -0.348. The van der Waals surface area contributed by atoms with Crippen LogP contribution in [0.1, 0.15) is 35.1 Å². The molecular weight excluding hydrogens is 388 g/mol. The minimum atomic E-state index is -3.58. The van der Waals surface area contributed by atoms with Gasteiger partial charge in [0.2, 0.25) is 15.9 Å². The molecule has 0 aromatic heterocycles. The highest BCUT2D eigenvalue weighted by Crippen LogP contribution is 2.29. The molecule has 0 aliphatic carbocycles. The van der Waals surface area contributed by atoms with Crippen LogP contribution in [-0.2, 0) is 21.4 Å². The molecule has 29 heavy (non-hydrogen) atoms. The smallest absolute Gasteiger partial charge is 0.243 e. The van der Waals surface area contributed by atoms with Crippen molar-refractivity contribution >= 4 is 21.6 Å². The van der Waals surface area contributed by atoms with Crippen LogP contribution in [0, 0.1) is 26.7 Å². The van der Waals surface area contributed by atoms with Crippen LogP contribution in [0.15, 0.2) is 41.3 Å². The number of aliphatic hydroxyl groups is 1. The van der Waals surface area contributed by atoms with Crippen molar-refractivity contribution in [3.8, 4) is 0 Å². The molecule has 2 aromatic carbocycles. The molecule has 0 unspecified atom stereocenters. The fourth-order valence-corrected chi connectivity index (χ4v) is 5.93. The van der Waals surface area contributed by atoms with Crippen LogP contribution in [0.3, 0.4) is 0 Å². The lowest BCUT2D eigenvalue weighted by atomic mass is 9.97. The van der Waals surface area contributed by atoms with Gasteiger partial charge in [-0.15, -0.1) is 0 Å². The molecular formula is C22H28N2O4S. The Bertz CT molecular complexity index is 986. The Hall–Kier alpha value is -2.22. The molecule has 1 aliphatic heterocycles. The second kappa shape index (κ2) is 8.65. The lowest BCUT2D eigenvalue weighted by Crippen LogP contribution is -2.41. The van der Waals surface area contributed by atoms with Crippen molar-refractivity contribution in [1.29, 1.82) is 0 Å². The van der Waals surface area contributed by atoms with Crippen LogP contribution in [0.5, 0.6) is 0 Å².